The molecule has 0 aliphatic carbocycles. The fourth-order valence-electron chi connectivity index (χ4n) is 2.63. The number of rotatable bonds is 3. The molecule has 0 saturated heterocycles. The van der Waals surface area contributed by atoms with Gasteiger partial charge in [-0.2, -0.15) is 4.52 Å². The van der Waals surface area contributed by atoms with Gasteiger partial charge in [-0.05, 0) is 60.3 Å². The number of hydrogen-bond donors (Lipinski definition) is 0. The molecule has 0 amide bonds. The van der Waals surface area contributed by atoms with Crippen LogP contribution in [0.1, 0.15) is 11.1 Å². The van der Waals surface area contributed by atoms with Crippen LogP contribution in [0.2, 0.25) is 5.28 Å². The van der Waals surface area contributed by atoms with Crippen molar-refractivity contribution in [1.82, 2.24) is 19.8 Å². The van der Waals surface area contributed by atoms with Crippen LogP contribution >= 0.6 is 11.6 Å². The van der Waals surface area contributed by atoms with Crippen LogP contribution in [0.15, 0.2) is 54.6 Å². The molecule has 5 nitrogen and oxygen atoms in total. The van der Waals surface area contributed by atoms with E-state index in [9.17, 15) is 0 Å². The minimum Gasteiger partial charge on any atom is -0.437 e. The third-order valence-electron chi connectivity index (χ3n) is 4.10. The van der Waals surface area contributed by atoms with E-state index < -0.39 is 0 Å². The lowest BCUT2D eigenvalue weighted by Crippen LogP contribution is -1.97. The Kier molecular flexibility index (Phi) is 3.86. The highest BCUT2D eigenvalue weighted by molar-refractivity contribution is 6.28. The number of ether oxygens (including phenoxy) is 1. The van der Waals surface area contributed by atoms with Crippen molar-refractivity contribution in [3.8, 4) is 22.8 Å². The van der Waals surface area contributed by atoms with Crippen LogP contribution < -0.4 is 4.74 Å². The van der Waals surface area contributed by atoms with Crippen molar-refractivity contribution in [2.24, 2.45) is 0 Å². The summed E-state index contributed by atoms with van der Waals surface area (Å²) in [5, 5.41) is 12.3. The molecule has 0 spiro atoms. The molecule has 2 heterocycles. The van der Waals surface area contributed by atoms with Crippen LogP contribution in [0.3, 0.4) is 0 Å². The van der Waals surface area contributed by atoms with Gasteiger partial charge < -0.3 is 4.74 Å². The van der Waals surface area contributed by atoms with Crippen LogP contribution in [0.5, 0.6) is 11.6 Å². The number of aromatic nitrogens is 4. The third kappa shape index (κ3) is 2.94. The molecular formula is C19H15ClN4O. The van der Waals surface area contributed by atoms with Crippen LogP contribution in [-0.2, 0) is 0 Å². The van der Waals surface area contributed by atoms with Gasteiger partial charge in [-0.15, -0.1) is 15.3 Å². The van der Waals surface area contributed by atoms with E-state index in [1.807, 2.05) is 24.3 Å². The average molecular weight is 351 g/mol. The Balaban J connectivity index is 1.81. The summed E-state index contributed by atoms with van der Waals surface area (Å²) in [6, 6.07) is 17.8. The highest BCUT2D eigenvalue weighted by Crippen LogP contribution is 2.35. The molecule has 2 aromatic heterocycles. The van der Waals surface area contributed by atoms with E-state index in [1.54, 1.807) is 12.1 Å². The van der Waals surface area contributed by atoms with Crippen LogP contribution in [-0.4, -0.2) is 19.8 Å². The Bertz CT molecular complexity index is 1060. The molecule has 0 aliphatic heterocycles. The maximum Gasteiger partial charge on any atom is 0.246 e. The minimum atomic E-state index is 0.198. The molecule has 0 unspecified atom stereocenters. The SMILES string of the molecule is Cc1cc(Oc2ccc3nnc(Cl)n3n2)c(-c2ccccc2)cc1C. The van der Waals surface area contributed by atoms with Gasteiger partial charge in [0, 0.05) is 11.6 Å². The first kappa shape index (κ1) is 15.6. The zero-order valence-corrected chi connectivity index (χ0v) is 14.5. The van der Waals surface area contributed by atoms with E-state index in [0.717, 1.165) is 22.4 Å². The number of benzene rings is 2. The number of nitrogens with zero attached hydrogens (tertiary/aromatic N) is 4. The Morgan fingerprint density at radius 1 is 0.920 bits per heavy atom. The monoisotopic (exact) mass is 350 g/mol. The minimum absolute atomic E-state index is 0.198. The maximum atomic E-state index is 6.09. The van der Waals surface area contributed by atoms with Crippen molar-refractivity contribution >= 4 is 17.2 Å². The Hall–Kier alpha value is -2.92. The summed E-state index contributed by atoms with van der Waals surface area (Å²) in [6.45, 7) is 4.15. The molecule has 124 valence electrons. The Morgan fingerprint density at radius 2 is 1.68 bits per heavy atom. The van der Waals surface area contributed by atoms with Crippen molar-refractivity contribution < 1.29 is 4.74 Å². The predicted molar refractivity (Wildman–Crippen MR) is 97.2 cm³/mol. The lowest BCUT2D eigenvalue weighted by molar-refractivity contribution is 0.453. The summed E-state index contributed by atoms with van der Waals surface area (Å²) < 4.78 is 7.53. The van der Waals surface area contributed by atoms with Crippen LogP contribution in [0.4, 0.5) is 0 Å². The molecule has 0 atom stereocenters. The van der Waals surface area contributed by atoms with Crippen molar-refractivity contribution in [3.05, 3.63) is 71.0 Å². The summed E-state index contributed by atoms with van der Waals surface area (Å²) in [5.41, 5.74) is 5.03. The molecule has 0 bridgehead atoms. The normalized spacial score (nSPS) is 11.0. The average Bonchev–Trinajstić information content (AvgIpc) is 2.99. The number of fused-ring (bicyclic) bond motifs is 1. The van der Waals surface area contributed by atoms with E-state index in [-0.39, 0.29) is 5.28 Å². The van der Waals surface area contributed by atoms with Gasteiger partial charge in [-0.25, -0.2) is 0 Å². The number of aryl methyl sites for hydroxylation is 2. The summed E-state index contributed by atoms with van der Waals surface area (Å²) in [4.78, 5) is 0. The van der Waals surface area contributed by atoms with Gasteiger partial charge in [0.25, 0.3) is 0 Å². The van der Waals surface area contributed by atoms with Crippen LogP contribution in [0.25, 0.3) is 16.8 Å². The maximum absolute atomic E-state index is 6.09. The fourth-order valence-corrected chi connectivity index (χ4v) is 2.79. The third-order valence-corrected chi connectivity index (χ3v) is 4.33. The van der Waals surface area contributed by atoms with Crippen molar-refractivity contribution in [1.29, 1.82) is 0 Å². The first-order valence-electron chi connectivity index (χ1n) is 7.84. The van der Waals surface area contributed by atoms with Crippen molar-refractivity contribution in [2.75, 3.05) is 0 Å². The van der Waals surface area contributed by atoms with Gasteiger partial charge in [0.15, 0.2) is 5.65 Å². The number of halogens is 1. The van der Waals surface area contributed by atoms with E-state index in [2.05, 4.69) is 47.3 Å². The van der Waals surface area contributed by atoms with Crippen LogP contribution in [0, 0.1) is 13.8 Å². The van der Waals surface area contributed by atoms with Crippen molar-refractivity contribution in [3.63, 3.8) is 0 Å². The van der Waals surface area contributed by atoms with E-state index in [4.69, 9.17) is 16.3 Å². The molecule has 6 heteroatoms. The second kappa shape index (κ2) is 6.18. The molecule has 0 N–H and O–H groups in total. The number of hydrogen-bond acceptors (Lipinski definition) is 4. The molecule has 4 aromatic rings. The molecule has 0 aliphatic rings. The van der Waals surface area contributed by atoms with Gasteiger partial charge in [0.1, 0.15) is 5.75 Å². The molecule has 4 rings (SSSR count). The molecule has 2 aromatic carbocycles. The second-order valence-corrected chi connectivity index (χ2v) is 6.15. The topological polar surface area (TPSA) is 52.3 Å². The van der Waals surface area contributed by atoms with Crippen molar-refractivity contribution in [2.45, 2.75) is 13.8 Å². The summed E-state index contributed by atoms with van der Waals surface area (Å²) in [7, 11) is 0. The van der Waals surface area contributed by atoms with E-state index in [0.29, 0.717) is 11.5 Å². The van der Waals surface area contributed by atoms with E-state index >= 15 is 0 Å². The molecule has 0 saturated carbocycles. The highest BCUT2D eigenvalue weighted by atomic mass is 35.5. The van der Waals surface area contributed by atoms with Gasteiger partial charge in [0.2, 0.25) is 11.2 Å². The first-order valence-corrected chi connectivity index (χ1v) is 8.22. The Labute approximate surface area is 149 Å². The summed E-state index contributed by atoms with van der Waals surface area (Å²) in [5.74, 6) is 1.17. The summed E-state index contributed by atoms with van der Waals surface area (Å²) in [6.07, 6.45) is 0. The zero-order chi connectivity index (χ0) is 17.4. The second-order valence-electron chi connectivity index (χ2n) is 5.81. The zero-order valence-electron chi connectivity index (χ0n) is 13.8. The lowest BCUT2D eigenvalue weighted by Gasteiger charge is -2.14. The Morgan fingerprint density at radius 3 is 2.48 bits per heavy atom. The van der Waals surface area contributed by atoms with Gasteiger partial charge >= 0.3 is 0 Å². The molecule has 25 heavy (non-hydrogen) atoms. The standard InChI is InChI=1S/C19H15ClN4O/c1-12-10-15(14-6-4-3-5-7-14)16(11-13(12)2)25-18-9-8-17-21-22-19(20)24(17)23-18/h3-11H,1-2H3. The fraction of sp³-hybridized carbons (Fsp3) is 0.105. The lowest BCUT2D eigenvalue weighted by atomic mass is 9.99. The van der Waals surface area contributed by atoms with Gasteiger partial charge in [-0.3, -0.25) is 0 Å². The molecular weight excluding hydrogens is 336 g/mol. The van der Waals surface area contributed by atoms with Gasteiger partial charge in [0.05, 0.1) is 0 Å². The first-order chi connectivity index (χ1) is 12.1. The largest absolute Gasteiger partial charge is 0.437 e. The smallest absolute Gasteiger partial charge is 0.246 e. The van der Waals surface area contributed by atoms with E-state index in [1.165, 1.54) is 10.1 Å². The molecule has 0 fully saturated rings. The predicted octanol–water partition coefficient (Wildman–Crippen LogP) is 4.85. The summed E-state index contributed by atoms with van der Waals surface area (Å²) >= 11 is 5.99. The quantitative estimate of drug-likeness (QED) is 0.529. The van der Waals surface area contributed by atoms with Gasteiger partial charge in [-0.1, -0.05) is 30.3 Å². The molecule has 0 radical (unpaired) electrons. The highest BCUT2D eigenvalue weighted by Gasteiger charge is 2.12.